The molecule has 0 saturated carbocycles. The van der Waals surface area contributed by atoms with Gasteiger partial charge in [0.2, 0.25) is 0 Å². The standard InChI is InChI=1S/C14H18N4O/c1-3-13-17-6-7-18(13)9-10-4-5-12(19-2)11(8-10)14(15)16/h4-8H,3,9H2,1-2H3,(H3,15,16). The number of aryl methyl sites for hydroxylation is 1. The van der Waals surface area contributed by atoms with E-state index in [9.17, 15) is 0 Å². The van der Waals surface area contributed by atoms with Crippen LogP contribution in [0.2, 0.25) is 0 Å². The maximum Gasteiger partial charge on any atom is 0.129 e. The van der Waals surface area contributed by atoms with Crippen molar-refractivity contribution in [3.8, 4) is 5.75 Å². The summed E-state index contributed by atoms with van der Waals surface area (Å²) in [5.74, 6) is 1.68. The zero-order valence-corrected chi connectivity index (χ0v) is 11.2. The third-order valence-corrected chi connectivity index (χ3v) is 3.02. The second kappa shape index (κ2) is 5.56. The molecule has 1 heterocycles. The quantitative estimate of drug-likeness (QED) is 0.634. The van der Waals surface area contributed by atoms with E-state index in [1.54, 1.807) is 13.3 Å². The van der Waals surface area contributed by atoms with Gasteiger partial charge in [-0.1, -0.05) is 13.0 Å². The number of nitrogens with one attached hydrogen (secondary N) is 1. The lowest BCUT2D eigenvalue weighted by Crippen LogP contribution is -2.13. The smallest absolute Gasteiger partial charge is 0.129 e. The Morgan fingerprint density at radius 3 is 2.89 bits per heavy atom. The number of hydrogen-bond donors (Lipinski definition) is 2. The van der Waals surface area contributed by atoms with E-state index in [2.05, 4.69) is 16.5 Å². The van der Waals surface area contributed by atoms with Gasteiger partial charge >= 0.3 is 0 Å². The van der Waals surface area contributed by atoms with E-state index in [4.69, 9.17) is 15.9 Å². The molecule has 0 aliphatic rings. The molecule has 0 aliphatic carbocycles. The van der Waals surface area contributed by atoms with Crippen LogP contribution in [0.5, 0.6) is 5.75 Å². The Morgan fingerprint density at radius 2 is 2.26 bits per heavy atom. The van der Waals surface area contributed by atoms with Crippen LogP contribution in [-0.2, 0) is 13.0 Å². The van der Waals surface area contributed by atoms with Gasteiger partial charge in [0, 0.05) is 25.4 Å². The van der Waals surface area contributed by atoms with Crippen LogP contribution < -0.4 is 10.5 Å². The predicted octanol–water partition coefficient (Wildman–Crippen LogP) is 1.79. The Morgan fingerprint density at radius 1 is 1.47 bits per heavy atom. The highest BCUT2D eigenvalue weighted by Crippen LogP contribution is 2.20. The van der Waals surface area contributed by atoms with Gasteiger partial charge < -0.3 is 15.0 Å². The summed E-state index contributed by atoms with van der Waals surface area (Å²) in [6, 6.07) is 5.71. The molecule has 0 radical (unpaired) electrons. The number of nitrogens with two attached hydrogens (primary N) is 1. The van der Waals surface area contributed by atoms with E-state index in [0.29, 0.717) is 17.9 Å². The van der Waals surface area contributed by atoms with E-state index >= 15 is 0 Å². The van der Waals surface area contributed by atoms with Gasteiger partial charge in [-0.15, -0.1) is 0 Å². The number of rotatable bonds is 5. The fourth-order valence-electron chi connectivity index (χ4n) is 2.06. The molecule has 2 rings (SSSR count). The van der Waals surface area contributed by atoms with Crippen molar-refractivity contribution in [3.63, 3.8) is 0 Å². The molecule has 0 bridgehead atoms. The minimum absolute atomic E-state index is 0.0139. The second-order valence-corrected chi connectivity index (χ2v) is 4.27. The normalized spacial score (nSPS) is 10.4. The van der Waals surface area contributed by atoms with Gasteiger partial charge in [0.1, 0.15) is 17.4 Å². The molecule has 0 aliphatic heterocycles. The number of methoxy groups -OCH3 is 1. The van der Waals surface area contributed by atoms with Crippen molar-refractivity contribution in [1.29, 1.82) is 5.41 Å². The average Bonchev–Trinajstić information content (AvgIpc) is 2.85. The Balaban J connectivity index is 2.31. The van der Waals surface area contributed by atoms with Gasteiger partial charge in [-0.3, -0.25) is 5.41 Å². The number of ether oxygens (including phenoxy) is 1. The first-order valence-electron chi connectivity index (χ1n) is 6.17. The molecule has 100 valence electrons. The molecule has 1 aromatic carbocycles. The van der Waals surface area contributed by atoms with Crippen LogP contribution in [0.15, 0.2) is 30.6 Å². The largest absolute Gasteiger partial charge is 0.496 e. The number of amidine groups is 1. The molecule has 19 heavy (non-hydrogen) atoms. The zero-order valence-electron chi connectivity index (χ0n) is 11.2. The highest BCUT2D eigenvalue weighted by atomic mass is 16.5. The number of nitrogen functional groups attached to an aromatic ring is 1. The minimum atomic E-state index is 0.0139. The summed E-state index contributed by atoms with van der Waals surface area (Å²) < 4.78 is 7.29. The maximum absolute atomic E-state index is 7.58. The van der Waals surface area contributed by atoms with Gasteiger partial charge in [-0.05, 0) is 17.7 Å². The van der Waals surface area contributed by atoms with Crippen molar-refractivity contribution < 1.29 is 4.74 Å². The fourth-order valence-corrected chi connectivity index (χ4v) is 2.06. The lowest BCUT2D eigenvalue weighted by atomic mass is 10.1. The van der Waals surface area contributed by atoms with Crippen LogP contribution >= 0.6 is 0 Å². The predicted molar refractivity (Wildman–Crippen MR) is 74.7 cm³/mol. The number of hydrogen-bond acceptors (Lipinski definition) is 3. The third kappa shape index (κ3) is 2.76. The highest BCUT2D eigenvalue weighted by molar-refractivity contribution is 5.97. The molecule has 0 amide bonds. The molecule has 0 spiro atoms. The van der Waals surface area contributed by atoms with Gasteiger partial charge in [0.15, 0.2) is 0 Å². The molecular weight excluding hydrogens is 240 g/mol. The van der Waals surface area contributed by atoms with Crippen LogP contribution in [-0.4, -0.2) is 22.5 Å². The maximum atomic E-state index is 7.58. The third-order valence-electron chi connectivity index (χ3n) is 3.02. The van der Waals surface area contributed by atoms with Crippen LogP contribution in [0.3, 0.4) is 0 Å². The van der Waals surface area contributed by atoms with Crippen molar-refractivity contribution in [2.24, 2.45) is 5.73 Å². The van der Waals surface area contributed by atoms with Crippen molar-refractivity contribution in [1.82, 2.24) is 9.55 Å². The first kappa shape index (κ1) is 13.1. The van der Waals surface area contributed by atoms with Gasteiger partial charge in [-0.25, -0.2) is 4.98 Å². The van der Waals surface area contributed by atoms with E-state index in [1.165, 1.54) is 0 Å². The van der Waals surface area contributed by atoms with Crippen molar-refractivity contribution in [3.05, 3.63) is 47.5 Å². The van der Waals surface area contributed by atoms with E-state index in [1.807, 2.05) is 24.4 Å². The van der Waals surface area contributed by atoms with Crippen LogP contribution in [0.25, 0.3) is 0 Å². The van der Waals surface area contributed by atoms with Crippen LogP contribution in [0.1, 0.15) is 23.9 Å². The van der Waals surface area contributed by atoms with Crippen molar-refractivity contribution >= 4 is 5.84 Å². The monoisotopic (exact) mass is 258 g/mol. The zero-order chi connectivity index (χ0) is 13.8. The summed E-state index contributed by atoms with van der Waals surface area (Å²) in [5, 5.41) is 7.58. The molecule has 5 nitrogen and oxygen atoms in total. The molecule has 1 aromatic heterocycles. The van der Waals surface area contributed by atoms with Gasteiger partial charge in [-0.2, -0.15) is 0 Å². The lowest BCUT2D eigenvalue weighted by Gasteiger charge is -2.11. The molecular formula is C14H18N4O. The van der Waals surface area contributed by atoms with Crippen LogP contribution in [0.4, 0.5) is 0 Å². The SMILES string of the molecule is CCc1nccn1Cc1ccc(OC)c(C(=N)N)c1. The summed E-state index contributed by atoms with van der Waals surface area (Å²) >= 11 is 0. The second-order valence-electron chi connectivity index (χ2n) is 4.27. The Labute approximate surface area is 112 Å². The van der Waals surface area contributed by atoms with E-state index in [0.717, 1.165) is 17.8 Å². The van der Waals surface area contributed by atoms with Gasteiger partial charge in [0.05, 0.1) is 12.7 Å². The lowest BCUT2D eigenvalue weighted by molar-refractivity contribution is 0.413. The first-order valence-corrected chi connectivity index (χ1v) is 6.17. The van der Waals surface area contributed by atoms with E-state index in [-0.39, 0.29) is 5.84 Å². The minimum Gasteiger partial charge on any atom is -0.496 e. The fraction of sp³-hybridized carbons (Fsp3) is 0.286. The van der Waals surface area contributed by atoms with Gasteiger partial charge in [0.25, 0.3) is 0 Å². The van der Waals surface area contributed by atoms with E-state index < -0.39 is 0 Å². The topological polar surface area (TPSA) is 76.9 Å². The number of nitrogens with zero attached hydrogens (tertiary/aromatic N) is 2. The molecule has 0 fully saturated rings. The molecule has 2 aromatic rings. The number of benzene rings is 1. The summed E-state index contributed by atoms with van der Waals surface area (Å²) in [4.78, 5) is 4.29. The first-order chi connectivity index (χ1) is 9.15. The molecule has 0 unspecified atom stereocenters. The van der Waals surface area contributed by atoms with Crippen molar-refractivity contribution in [2.75, 3.05) is 7.11 Å². The molecule has 0 atom stereocenters. The summed E-state index contributed by atoms with van der Waals surface area (Å²) in [5.41, 5.74) is 7.26. The Bertz CT molecular complexity index is 589. The number of aromatic nitrogens is 2. The summed E-state index contributed by atoms with van der Waals surface area (Å²) in [7, 11) is 1.58. The van der Waals surface area contributed by atoms with Crippen LogP contribution in [0, 0.1) is 5.41 Å². The summed E-state index contributed by atoms with van der Waals surface area (Å²) in [6.07, 6.45) is 4.65. The van der Waals surface area contributed by atoms with Crippen molar-refractivity contribution in [2.45, 2.75) is 19.9 Å². The Kier molecular flexibility index (Phi) is 3.85. The molecule has 0 saturated heterocycles. The summed E-state index contributed by atoms with van der Waals surface area (Å²) in [6.45, 7) is 2.79. The average molecular weight is 258 g/mol. The Hall–Kier alpha value is -2.30. The highest BCUT2D eigenvalue weighted by Gasteiger charge is 2.08. The molecule has 3 N–H and O–H groups in total. The number of imidazole rings is 1. The molecule has 5 heteroatoms.